The lowest BCUT2D eigenvalue weighted by atomic mass is 9.66. The Bertz CT molecular complexity index is 769. The molecule has 1 aliphatic carbocycles. The fourth-order valence-corrected chi connectivity index (χ4v) is 4.01. The molecule has 1 unspecified atom stereocenters. The summed E-state index contributed by atoms with van der Waals surface area (Å²) in [5, 5.41) is 2.93. The van der Waals surface area contributed by atoms with E-state index in [1.54, 1.807) is 26.0 Å². The highest BCUT2D eigenvalue weighted by Gasteiger charge is 2.50. The number of carbonyl (C=O) groups excluding carboxylic acids is 3. The summed E-state index contributed by atoms with van der Waals surface area (Å²) in [5.74, 6) is -2.99. The summed E-state index contributed by atoms with van der Waals surface area (Å²) in [4.78, 5) is 37.7. The van der Waals surface area contributed by atoms with Crippen LogP contribution >= 0.6 is 0 Å². The van der Waals surface area contributed by atoms with Gasteiger partial charge in [0.2, 0.25) is 0 Å². The van der Waals surface area contributed by atoms with E-state index in [2.05, 4.69) is 5.32 Å². The molecule has 1 amide bonds. The Morgan fingerprint density at radius 2 is 1.73 bits per heavy atom. The monoisotopic (exact) mass is 357 g/mol. The number of nitrogens with one attached hydrogen (secondary N) is 1. The molecule has 1 N–H and O–H groups in total. The van der Waals surface area contributed by atoms with Crippen LogP contribution in [-0.2, 0) is 19.1 Å². The number of esters is 2. The van der Waals surface area contributed by atoms with Crippen molar-refractivity contribution < 1.29 is 23.9 Å². The third-order valence-corrected chi connectivity index (χ3v) is 5.02. The number of ether oxygens (including phenoxy) is 2. The first-order valence-electron chi connectivity index (χ1n) is 8.90. The normalized spacial score (nSPS) is 26.7. The summed E-state index contributed by atoms with van der Waals surface area (Å²) < 4.78 is 10.4. The molecule has 6 heteroatoms. The third-order valence-electron chi connectivity index (χ3n) is 5.02. The molecule has 1 aliphatic heterocycles. The maximum absolute atomic E-state index is 12.7. The fourth-order valence-electron chi connectivity index (χ4n) is 4.01. The third kappa shape index (κ3) is 3.00. The van der Waals surface area contributed by atoms with Gasteiger partial charge in [0.15, 0.2) is 0 Å². The van der Waals surface area contributed by atoms with E-state index in [1.807, 2.05) is 25.1 Å². The molecular formula is C20H23NO5. The molecule has 0 fully saturated rings. The van der Waals surface area contributed by atoms with E-state index in [0.29, 0.717) is 5.56 Å². The van der Waals surface area contributed by atoms with Crippen molar-refractivity contribution in [2.24, 2.45) is 11.8 Å². The molecule has 0 bridgehead atoms. The summed E-state index contributed by atoms with van der Waals surface area (Å²) in [7, 11) is 0. The quantitative estimate of drug-likeness (QED) is 0.660. The average Bonchev–Trinajstić information content (AvgIpc) is 2.61. The van der Waals surface area contributed by atoms with E-state index in [4.69, 9.17) is 9.47 Å². The Balaban J connectivity index is 2.10. The van der Waals surface area contributed by atoms with E-state index in [0.717, 1.165) is 11.1 Å². The van der Waals surface area contributed by atoms with Gasteiger partial charge >= 0.3 is 11.9 Å². The second-order valence-corrected chi connectivity index (χ2v) is 6.53. The second-order valence-electron chi connectivity index (χ2n) is 6.53. The predicted molar refractivity (Wildman–Crippen MR) is 94.4 cm³/mol. The minimum Gasteiger partial charge on any atom is -0.466 e. The van der Waals surface area contributed by atoms with Gasteiger partial charge in [-0.05, 0) is 32.4 Å². The van der Waals surface area contributed by atoms with Crippen molar-refractivity contribution in [1.29, 1.82) is 0 Å². The van der Waals surface area contributed by atoms with E-state index < -0.39 is 29.8 Å². The summed E-state index contributed by atoms with van der Waals surface area (Å²) in [5.41, 5.74) is 2.39. The van der Waals surface area contributed by atoms with Gasteiger partial charge < -0.3 is 14.8 Å². The van der Waals surface area contributed by atoms with Crippen LogP contribution in [-0.4, -0.2) is 37.1 Å². The van der Waals surface area contributed by atoms with E-state index in [-0.39, 0.29) is 25.0 Å². The maximum Gasteiger partial charge on any atom is 0.313 e. The summed E-state index contributed by atoms with van der Waals surface area (Å²) in [6.07, 6.45) is 1.79. The lowest BCUT2D eigenvalue weighted by Gasteiger charge is -2.43. The number of hydrogen-bond acceptors (Lipinski definition) is 5. The average molecular weight is 357 g/mol. The van der Waals surface area contributed by atoms with Crippen LogP contribution in [0.15, 0.2) is 35.9 Å². The Kier molecular flexibility index (Phi) is 5.11. The zero-order valence-electron chi connectivity index (χ0n) is 15.2. The van der Waals surface area contributed by atoms with Gasteiger partial charge in [-0.25, -0.2) is 0 Å². The summed E-state index contributed by atoms with van der Waals surface area (Å²) >= 11 is 0. The van der Waals surface area contributed by atoms with Crippen molar-refractivity contribution in [2.45, 2.75) is 32.7 Å². The molecule has 26 heavy (non-hydrogen) atoms. The zero-order chi connectivity index (χ0) is 18.8. The van der Waals surface area contributed by atoms with Crippen molar-refractivity contribution in [3.05, 3.63) is 47.0 Å². The van der Waals surface area contributed by atoms with Crippen LogP contribution in [0.25, 0.3) is 0 Å². The lowest BCUT2D eigenvalue weighted by molar-refractivity contribution is -0.160. The number of amides is 1. The first kappa shape index (κ1) is 18.2. The largest absolute Gasteiger partial charge is 0.466 e. The van der Waals surface area contributed by atoms with Gasteiger partial charge in [0, 0.05) is 11.5 Å². The van der Waals surface area contributed by atoms with Crippen molar-refractivity contribution in [3.8, 4) is 0 Å². The molecule has 6 nitrogen and oxygen atoms in total. The summed E-state index contributed by atoms with van der Waals surface area (Å²) in [6.45, 7) is 5.78. The van der Waals surface area contributed by atoms with Gasteiger partial charge in [0.1, 0.15) is 0 Å². The van der Waals surface area contributed by atoms with E-state index in [9.17, 15) is 14.4 Å². The molecule has 138 valence electrons. The fraction of sp³-hybridized carbons (Fsp3) is 0.450. The first-order chi connectivity index (χ1) is 12.5. The molecule has 2 aliphatic rings. The highest BCUT2D eigenvalue weighted by atomic mass is 16.5. The Morgan fingerprint density at radius 3 is 2.42 bits per heavy atom. The van der Waals surface area contributed by atoms with E-state index in [1.165, 1.54) is 0 Å². The number of fused-ring (bicyclic) bond motifs is 3. The zero-order valence-corrected chi connectivity index (χ0v) is 15.2. The number of benzene rings is 1. The van der Waals surface area contributed by atoms with Crippen LogP contribution in [0.4, 0.5) is 0 Å². The van der Waals surface area contributed by atoms with Crippen molar-refractivity contribution >= 4 is 17.8 Å². The van der Waals surface area contributed by atoms with Gasteiger partial charge in [-0.2, -0.15) is 0 Å². The highest BCUT2D eigenvalue weighted by molar-refractivity contribution is 5.99. The predicted octanol–water partition coefficient (Wildman–Crippen LogP) is 2.20. The smallest absolute Gasteiger partial charge is 0.313 e. The molecule has 0 saturated carbocycles. The van der Waals surface area contributed by atoms with Gasteiger partial charge in [-0.3, -0.25) is 14.4 Å². The molecule has 3 rings (SSSR count). The minimum absolute atomic E-state index is 0.177. The van der Waals surface area contributed by atoms with Gasteiger partial charge in [-0.1, -0.05) is 29.8 Å². The van der Waals surface area contributed by atoms with Crippen LogP contribution in [0.5, 0.6) is 0 Å². The molecule has 1 aromatic rings. The molecule has 1 heterocycles. The number of carbonyl (C=O) groups is 3. The topological polar surface area (TPSA) is 81.7 Å². The SMILES string of the molecule is CCOC(=O)[C@H]1[C@@H](C(=O)OCC)C=C(C)C2c3ccccc3C(=O)N[C@H]21. The standard InChI is InChI=1S/C20H23NO5/c1-4-25-19(23)14-10-11(3)15-12-8-6-7-9-13(12)18(22)21-17(15)16(14)20(24)26-5-2/h6-10,14-17H,4-5H2,1-3H3,(H,21,22)/t14-,15?,16-,17+/m0/s1. The van der Waals surface area contributed by atoms with Gasteiger partial charge in [0.05, 0.1) is 31.1 Å². The second kappa shape index (κ2) is 7.32. The van der Waals surface area contributed by atoms with Crippen LogP contribution in [0.3, 0.4) is 0 Å². The Morgan fingerprint density at radius 1 is 1.08 bits per heavy atom. The highest BCUT2D eigenvalue weighted by Crippen LogP contribution is 2.44. The van der Waals surface area contributed by atoms with Crippen LogP contribution in [0.1, 0.15) is 42.6 Å². The van der Waals surface area contributed by atoms with Crippen LogP contribution in [0.2, 0.25) is 0 Å². The van der Waals surface area contributed by atoms with Crippen molar-refractivity contribution in [1.82, 2.24) is 5.32 Å². The molecule has 4 atom stereocenters. The molecule has 0 spiro atoms. The molecular weight excluding hydrogens is 334 g/mol. The summed E-state index contributed by atoms with van der Waals surface area (Å²) in [6, 6.07) is 6.81. The lowest BCUT2D eigenvalue weighted by Crippen LogP contribution is -2.56. The molecule has 1 aromatic carbocycles. The van der Waals surface area contributed by atoms with Crippen LogP contribution < -0.4 is 5.32 Å². The minimum atomic E-state index is -0.819. The molecule has 0 radical (unpaired) electrons. The van der Waals surface area contributed by atoms with E-state index >= 15 is 0 Å². The van der Waals surface area contributed by atoms with Gasteiger partial charge in [0.25, 0.3) is 5.91 Å². The maximum atomic E-state index is 12.7. The Hall–Kier alpha value is -2.63. The molecule has 0 saturated heterocycles. The van der Waals surface area contributed by atoms with Crippen molar-refractivity contribution in [2.75, 3.05) is 13.2 Å². The van der Waals surface area contributed by atoms with Crippen molar-refractivity contribution in [3.63, 3.8) is 0 Å². The van der Waals surface area contributed by atoms with Gasteiger partial charge in [-0.15, -0.1) is 0 Å². The molecule has 0 aromatic heterocycles. The first-order valence-corrected chi connectivity index (χ1v) is 8.90. The van der Waals surface area contributed by atoms with Crippen LogP contribution in [0, 0.1) is 11.8 Å². The number of hydrogen-bond donors (Lipinski definition) is 1. The Labute approximate surface area is 152 Å². The number of rotatable bonds is 4.